The predicted octanol–water partition coefficient (Wildman–Crippen LogP) is 5.18. The van der Waals surface area contributed by atoms with Crippen LogP contribution in [-0.2, 0) is 4.74 Å². The van der Waals surface area contributed by atoms with Crippen molar-refractivity contribution < 1.29 is 4.74 Å². The molecule has 0 unspecified atom stereocenters. The maximum atomic E-state index is 6.25. The van der Waals surface area contributed by atoms with Crippen molar-refractivity contribution in [2.24, 2.45) is 0 Å². The van der Waals surface area contributed by atoms with Gasteiger partial charge in [-0.05, 0) is 38.0 Å². The van der Waals surface area contributed by atoms with Gasteiger partial charge >= 0.3 is 0 Å². The molecule has 0 aliphatic carbocycles. The number of ether oxygens (including phenoxy) is 1. The zero-order valence-electron chi connectivity index (χ0n) is 15.8. The molecule has 0 radical (unpaired) electrons. The molecular formula is C19H30ClN3O. The SMILES string of the molecule is CC.CCCCN(CCOC)c1nc(C)nc2c(C)cc(Cl)cc12. The summed E-state index contributed by atoms with van der Waals surface area (Å²) in [7, 11) is 1.72. The third-order valence-electron chi connectivity index (χ3n) is 3.69. The lowest BCUT2D eigenvalue weighted by Crippen LogP contribution is -2.29. The summed E-state index contributed by atoms with van der Waals surface area (Å²) in [5.74, 6) is 1.74. The third kappa shape index (κ3) is 5.32. The number of aromatic nitrogens is 2. The van der Waals surface area contributed by atoms with Crippen molar-refractivity contribution in [3.05, 3.63) is 28.5 Å². The molecular weight excluding hydrogens is 322 g/mol. The van der Waals surface area contributed by atoms with Gasteiger partial charge in [0.25, 0.3) is 0 Å². The summed E-state index contributed by atoms with van der Waals surface area (Å²) >= 11 is 6.25. The van der Waals surface area contributed by atoms with Crippen LogP contribution in [0.25, 0.3) is 10.9 Å². The molecule has 1 heterocycles. The molecule has 0 fully saturated rings. The number of anilines is 1. The summed E-state index contributed by atoms with van der Waals surface area (Å²) in [6.45, 7) is 12.6. The highest BCUT2D eigenvalue weighted by Crippen LogP contribution is 2.29. The van der Waals surface area contributed by atoms with E-state index in [1.165, 1.54) is 0 Å². The number of unbranched alkanes of at least 4 members (excludes halogenated alkanes) is 1. The quantitative estimate of drug-likeness (QED) is 0.689. The van der Waals surface area contributed by atoms with Crippen LogP contribution in [0.15, 0.2) is 12.1 Å². The smallest absolute Gasteiger partial charge is 0.140 e. The Morgan fingerprint density at radius 1 is 1.12 bits per heavy atom. The second kappa shape index (κ2) is 10.5. The van der Waals surface area contributed by atoms with Gasteiger partial charge in [-0.25, -0.2) is 9.97 Å². The summed E-state index contributed by atoms with van der Waals surface area (Å²) in [6.07, 6.45) is 2.26. The first-order valence-electron chi connectivity index (χ1n) is 8.75. The third-order valence-corrected chi connectivity index (χ3v) is 3.91. The van der Waals surface area contributed by atoms with Gasteiger partial charge in [-0.2, -0.15) is 0 Å². The maximum absolute atomic E-state index is 6.25. The lowest BCUT2D eigenvalue weighted by atomic mass is 10.1. The highest BCUT2D eigenvalue weighted by Gasteiger charge is 2.15. The molecule has 2 rings (SSSR count). The molecule has 0 amide bonds. The number of fused-ring (bicyclic) bond motifs is 1. The Kier molecular flexibility index (Phi) is 9.01. The highest BCUT2D eigenvalue weighted by atomic mass is 35.5. The van der Waals surface area contributed by atoms with Crippen molar-refractivity contribution >= 4 is 28.3 Å². The minimum atomic E-state index is 0.674. The van der Waals surface area contributed by atoms with Crippen molar-refractivity contribution in [3.63, 3.8) is 0 Å². The first kappa shape index (κ1) is 20.7. The van der Waals surface area contributed by atoms with Crippen LogP contribution < -0.4 is 4.90 Å². The van der Waals surface area contributed by atoms with E-state index >= 15 is 0 Å². The minimum Gasteiger partial charge on any atom is -0.383 e. The summed E-state index contributed by atoms with van der Waals surface area (Å²) in [4.78, 5) is 11.6. The maximum Gasteiger partial charge on any atom is 0.140 e. The molecule has 5 heteroatoms. The van der Waals surface area contributed by atoms with Crippen LogP contribution in [0.2, 0.25) is 5.02 Å². The molecule has 0 atom stereocenters. The number of aryl methyl sites for hydroxylation is 2. The van der Waals surface area contributed by atoms with Crippen molar-refractivity contribution in [2.45, 2.75) is 47.5 Å². The Labute approximate surface area is 151 Å². The van der Waals surface area contributed by atoms with Crippen LogP contribution in [0.4, 0.5) is 5.82 Å². The average molecular weight is 352 g/mol. The van der Waals surface area contributed by atoms with Gasteiger partial charge in [0.05, 0.1) is 12.1 Å². The van der Waals surface area contributed by atoms with E-state index in [-0.39, 0.29) is 0 Å². The van der Waals surface area contributed by atoms with Gasteiger partial charge in [-0.3, -0.25) is 0 Å². The van der Waals surface area contributed by atoms with Crippen molar-refractivity contribution in [3.8, 4) is 0 Å². The fourth-order valence-corrected chi connectivity index (χ4v) is 2.84. The van der Waals surface area contributed by atoms with Gasteiger partial charge in [0.2, 0.25) is 0 Å². The molecule has 134 valence electrons. The summed E-state index contributed by atoms with van der Waals surface area (Å²) in [5.41, 5.74) is 2.06. The Balaban J connectivity index is 0.00000139. The zero-order valence-corrected chi connectivity index (χ0v) is 16.6. The number of nitrogens with zero attached hydrogens (tertiary/aromatic N) is 3. The second-order valence-electron chi connectivity index (χ2n) is 5.55. The number of hydrogen-bond donors (Lipinski definition) is 0. The zero-order chi connectivity index (χ0) is 18.1. The van der Waals surface area contributed by atoms with Gasteiger partial charge in [-0.15, -0.1) is 0 Å². The first-order valence-corrected chi connectivity index (χ1v) is 9.13. The van der Waals surface area contributed by atoms with E-state index in [9.17, 15) is 0 Å². The van der Waals surface area contributed by atoms with E-state index in [1.54, 1.807) is 7.11 Å². The van der Waals surface area contributed by atoms with Gasteiger partial charge < -0.3 is 9.64 Å². The molecule has 0 N–H and O–H groups in total. The molecule has 0 spiro atoms. The largest absolute Gasteiger partial charge is 0.383 e. The van der Waals surface area contributed by atoms with E-state index in [0.29, 0.717) is 6.61 Å². The Morgan fingerprint density at radius 2 is 1.83 bits per heavy atom. The molecule has 0 saturated heterocycles. The second-order valence-corrected chi connectivity index (χ2v) is 5.98. The van der Waals surface area contributed by atoms with Gasteiger partial charge in [-0.1, -0.05) is 38.8 Å². The van der Waals surface area contributed by atoms with Gasteiger partial charge in [0.15, 0.2) is 0 Å². The minimum absolute atomic E-state index is 0.674. The van der Waals surface area contributed by atoms with E-state index in [2.05, 4.69) is 16.8 Å². The van der Waals surface area contributed by atoms with Crippen molar-refractivity contribution in [1.29, 1.82) is 0 Å². The normalized spacial score (nSPS) is 10.5. The van der Waals surface area contributed by atoms with Crippen LogP contribution in [0.3, 0.4) is 0 Å². The number of halogens is 1. The predicted molar refractivity (Wildman–Crippen MR) is 104 cm³/mol. The van der Waals surface area contributed by atoms with Gasteiger partial charge in [0.1, 0.15) is 11.6 Å². The fraction of sp³-hybridized carbons (Fsp3) is 0.579. The van der Waals surface area contributed by atoms with Crippen LogP contribution >= 0.6 is 11.6 Å². The van der Waals surface area contributed by atoms with Crippen LogP contribution in [0.1, 0.15) is 45.0 Å². The number of hydrogen-bond acceptors (Lipinski definition) is 4. The topological polar surface area (TPSA) is 38.2 Å². The van der Waals surface area contributed by atoms with Crippen LogP contribution in [-0.4, -0.2) is 36.8 Å². The first-order chi connectivity index (χ1) is 11.6. The van der Waals surface area contributed by atoms with Crippen LogP contribution in [0, 0.1) is 13.8 Å². The lowest BCUT2D eigenvalue weighted by Gasteiger charge is -2.25. The number of rotatable bonds is 7. The molecule has 0 saturated carbocycles. The monoisotopic (exact) mass is 351 g/mol. The van der Waals surface area contributed by atoms with E-state index < -0.39 is 0 Å². The molecule has 0 bridgehead atoms. The van der Waals surface area contributed by atoms with Crippen molar-refractivity contribution in [2.75, 3.05) is 31.7 Å². The molecule has 1 aromatic heterocycles. The number of methoxy groups -OCH3 is 1. The molecule has 0 aliphatic heterocycles. The van der Waals surface area contributed by atoms with E-state index in [1.807, 2.05) is 39.8 Å². The standard InChI is InChI=1S/C17H24ClN3O.C2H6/c1-5-6-7-21(8-9-22-4)17-15-11-14(18)10-12(2)16(15)19-13(3)20-17;1-2/h10-11H,5-9H2,1-4H3;1-2H3. The Bertz CT molecular complexity index is 638. The average Bonchev–Trinajstić information content (AvgIpc) is 2.57. The molecule has 4 nitrogen and oxygen atoms in total. The summed E-state index contributed by atoms with van der Waals surface area (Å²) < 4.78 is 5.25. The molecule has 1 aromatic carbocycles. The van der Waals surface area contributed by atoms with Gasteiger partial charge in [0, 0.05) is 30.6 Å². The summed E-state index contributed by atoms with van der Waals surface area (Å²) in [6, 6.07) is 3.91. The molecule has 2 aromatic rings. The Morgan fingerprint density at radius 3 is 2.46 bits per heavy atom. The lowest BCUT2D eigenvalue weighted by molar-refractivity contribution is 0.205. The number of benzene rings is 1. The summed E-state index contributed by atoms with van der Waals surface area (Å²) in [5, 5.41) is 1.74. The van der Waals surface area contributed by atoms with Crippen molar-refractivity contribution in [1.82, 2.24) is 9.97 Å². The highest BCUT2D eigenvalue weighted by molar-refractivity contribution is 6.31. The molecule has 24 heavy (non-hydrogen) atoms. The van der Waals surface area contributed by atoms with E-state index in [0.717, 1.165) is 59.1 Å². The fourth-order valence-electron chi connectivity index (χ4n) is 2.57. The van der Waals surface area contributed by atoms with Crippen LogP contribution in [0.5, 0.6) is 0 Å². The van der Waals surface area contributed by atoms with E-state index in [4.69, 9.17) is 21.3 Å². The Hall–Kier alpha value is -1.39. The molecule has 0 aliphatic rings.